The lowest BCUT2D eigenvalue weighted by Crippen LogP contribution is -2.38. The van der Waals surface area contributed by atoms with Gasteiger partial charge in [-0.15, -0.1) is 0 Å². The van der Waals surface area contributed by atoms with E-state index in [4.69, 9.17) is 5.73 Å². The Morgan fingerprint density at radius 2 is 1.82 bits per heavy atom. The number of nitrogen functional groups attached to an aromatic ring is 1. The summed E-state index contributed by atoms with van der Waals surface area (Å²) in [6, 6.07) is 8.56. The maximum atomic E-state index is 12.9. The van der Waals surface area contributed by atoms with E-state index in [9.17, 15) is 19.2 Å². The number of nitrogens with two attached hydrogens (primary N) is 1. The Hall–Kier alpha value is -3.16. The van der Waals surface area contributed by atoms with Crippen LogP contribution in [0.2, 0.25) is 0 Å². The fourth-order valence-corrected chi connectivity index (χ4v) is 5.41. The molecule has 2 saturated carbocycles. The van der Waals surface area contributed by atoms with Gasteiger partial charge in [0.2, 0.25) is 0 Å². The monoisotopic (exact) mass is 452 g/mol. The molecule has 33 heavy (non-hydrogen) atoms. The summed E-state index contributed by atoms with van der Waals surface area (Å²) in [7, 11) is 0. The summed E-state index contributed by atoms with van der Waals surface area (Å²) in [6.45, 7) is 2.12. The highest BCUT2D eigenvalue weighted by atomic mass is 16.2. The maximum absolute atomic E-state index is 12.9. The highest BCUT2D eigenvalue weighted by Crippen LogP contribution is 2.38. The van der Waals surface area contributed by atoms with Gasteiger partial charge in [0.15, 0.2) is 0 Å². The first-order valence-electron chi connectivity index (χ1n) is 11.8. The lowest BCUT2D eigenvalue weighted by molar-refractivity contribution is -0.123. The maximum Gasteiger partial charge on any atom is 0.326 e. The molecule has 1 aromatic carbocycles. The van der Waals surface area contributed by atoms with Gasteiger partial charge in [-0.1, -0.05) is 29.8 Å². The molecule has 8 heteroatoms. The number of benzene rings is 1. The third kappa shape index (κ3) is 5.43. The van der Waals surface area contributed by atoms with Gasteiger partial charge in [-0.05, 0) is 69.3 Å². The predicted octanol–water partition coefficient (Wildman–Crippen LogP) is 2.79. The van der Waals surface area contributed by atoms with E-state index in [0.29, 0.717) is 31.1 Å². The molecule has 176 valence electrons. The van der Waals surface area contributed by atoms with Crippen molar-refractivity contribution >= 4 is 17.4 Å². The highest BCUT2D eigenvalue weighted by molar-refractivity contribution is 5.97. The van der Waals surface area contributed by atoms with Crippen LogP contribution in [0.15, 0.2) is 33.9 Å². The van der Waals surface area contributed by atoms with Crippen LogP contribution in [0.1, 0.15) is 78.9 Å². The molecule has 0 aliphatic heterocycles. The van der Waals surface area contributed by atoms with Crippen LogP contribution in [0.5, 0.6) is 0 Å². The van der Waals surface area contributed by atoms with Crippen molar-refractivity contribution in [1.82, 2.24) is 15.3 Å². The van der Waals surface area contributed by atoms with Crippen LogP contribution < -0.4 is 22.3 Å². The lowest BCUT2D eigenvalue weighted by Gasteiger charge is -2.29. The molecule has 1 heterocycles. The normalized spacial score (nSPS) is 25.0. The van der Waals surface area contributed by atoms with Gasteiger partial charge >= 0.3 is 5.69 Å². The largest absolute Gasteiger partial charge is 0.392 e. The average Bonchev–Trinajstić information content (AvgIpc) is 3.25. The van der Waals surface area contributed by atoms with Crippen LogP contribution >= 0.6 is 0 Å². The molecule has 0 radical (unpaired) electrons. The van der Waals surface area contributed by atoms with Crippen molar-refractivity contribution < 1.29 is 9.59 Å². The molecular weight excluding hydrogens is 420 g/mol. The second kappa shape index (κ2) is 9.77. The van der Waals surface area contributed by atoms with Crippen LogP contribution in [-0.4, -0.2) is 27.7 Å². The van der Waals surface area contributed by atoms with Crippen LogP contribution in [0.25, 0.3) is 0 Å². The van der Waals surface area contributed by atoms with Crippen molar-refractivity contribution in [2.24, 2.45) is 11.8 Å². The topological polar surface area (TPSA) is 138 Å². The van der Waals surface area contributed by atoms with Gasteiger partial charge in [0.25, 0.3) is 11.5 Å². The Kier molecular flexibility index (Phi) is 6.81. The second-order valence-corrected chi connectivity index (χ2v) is 9.68. The summed E-state index contributed by atoms with van der Waals surface area (Å²) in [5, 5.41) is 2.81. The molecule has 2 aromatic rings. The molecule has 0 spiro atoms. The smallest absolute Gasteiger partial charge is 0.326 e. The number of amides is 1. The van der Waals surface area contributed by atoms with E-state index in [1.807, 2.05) is 4.98 Å². The molecule has 0 unspecified atom stereocenters. The summed E-state index contributed by atoms with van der Waals surface area (Å²) in [5.41, 5.74) is 6.21. The van der Waals surface area contributed by atoms with E-state index in [-0.39, 0.29) is 29.1 Å². The molecule has 4 rings (SSSR count). The van der Waals surface area contributed by atoms with Crippen molar-refractivity contribution in [3.05, 3.63) is 61.9 Å². The number of ketones is 1. The van der Waals surface area contributed by atoms with E-state index in [1.54, 1.807) is 0 Å². The highest BCUT2D eigenvalue weighted by Gasteiger charge is 2.33. The van der Waals surface area contributed by atoms with Gasteiger partial charge in [-0.2, -0.15) is 0 Å². The van der Waals surface area contributed by atoms with Crippen LogP contribution in [0.3, 0.4) is 0 Å². The van der Waals surface area contributed by atoms with Crippen molar-refractivity contribution in [1.29, 1.82) is 0 Å². The number of carbonyl (C=O) groups excluding carboxylic acids is 2. The molecule has 2 aliphatic carbocycles. The SMILES string of the molecule is Cc1cccc(C2CCC(CC(=O)[C@@H]3CC[C@@H](NC(=O)c4[nH]c(=O)[nH]c(=O)c4N)C3)CC2)c1. The number of rotatable bonds is 6. The second-order valence-electron chi connectivity index (χ2n) is 9.68. The van der Waals surface area contributed by atoms with Gasteiger partial charge in [-0.3, -0.25) is 19.4 Å². The Morgan fingerprint density at radius 3 is 2.55 bits per heavy atom. The number of aromatic amines is 2. The number of hydrogen-bond acceptors (Lipinski definition) is 5. The number of Topliss-reactive ketones (excluding diaryl/α,β-unsaturated/α-hetero) is 1. The van der Waals surface area contributed by atoms with Gasteiger partial charge < -0.3 is 16.0 Å². The first-order valence-corrected chi connectivity index (χ1v) is 11.8. The molecule has 2 aliphatic rings. The Bertz CT molecular complexity index is 1140. The quantitative estimate of drug-likeness (QED) is 0.534. The Balaban J connectivity index is 1.26. The first kappa shape index (κ1) is 23.0. The van der Waals surface area contributed by atoms with Crippen molar-refractivity contribution in [2.45, 2.75) is 70.3 Å². The molecule has 2 fully saturated rings. The standard InChI is InChI=1S/C25H32N4O4/c1-14-3-2-4-17(11-14)16-7-5-15(6-8-16)12-20(30)18-9-10-19(13-18)27-24(32)22-21(26)23(31)29-25(33)28-22/h2-4,11,15-16,18-19H,5-10,12-13,26H2,1H3,(H,27,32)(H2,28,29,31,33)/t15?,16?,18-,19-/m1/s1. The van der Waals surface area contributed by atoms with Gasteiger partial charge in [0, 0.05) is 18.4 Å². The van der Waals surface area contributed by atoms with Gasteiger partial charge in [0.05, 0.1) is 0 Å². The number of carbonyl (C=O) groups is 2. The minimum Gasteiger partial charge on any atom is -0.392 e. The van der Waals surface area contributed by atoms with Gasteiger partial charge in [0.1, 0.15) is 17.2 Å². The third-order valence-electron chi connectivity index (χ3n) is 7.28. The zero-order valence-electron chi connectivity index (χ0n) is 19.0. The van der Waals surface area contributed by atoms with Crippen LogP contribution in [-0.2, 0) is 4.79 Å². The Morgan fingerprint density at radius 1 is 1.06 bits per heavy atom. The number of H-pyrrole nitrogens is 2. The molecule has 1 aromatic heterocycles. The van der Waals surface area contributed by atoms with E-state index in [2.05, 4.69) is 41.5 Å². The fraction of sp³-hybridized carbons (Fsp3) is 0.520. The molecule has 0 bridgehead atoms. The molecular formula is C25H32N4O4. The van der Waals surface area contributed by atoms with Crippen LogP contribution in [0.4, 0.5) is 5.69 Å². The summed E-state index contributed by atoms with van der Waals surface area (Å²) >= 11 is 0. The summed E-state index contributed by atoms with van der Waals surface area (Å²) in [6.07, 6.45) is 7.02. The van der Waals surface area contributed by atoms with Gasteiger partial charge in [-0.25, -0.2) is 4.79 Å². The van der Waals surface area contributed by atoms with Crippen LogP contribution in [0, 0.1) is 18.8 Å². The number of anilines is 1. The summed E-state index contributed by atoms with van der Waals surface area (Å²) < 4.78 is 0. The molecule has 5 N–H and O–H groups in total. The Labute approximate surface area is 192 Å². The number of aromatic nitrogens is 2. The predicted molar refractivity (Wildman–Crippen MR) is 126 cm³/mol. The number of aryl methyl sites for hydroxylation is 1. The lowest BCUT2D eigenvalue weighted by atomic mass is 9.76. The molecule has 1 amide bonds. The third-order valence-corrected chi connectivity index (χ3v) is 7.28. The van der Waals surface area contributed by atoms with Crippen molar-refractivity contribution in [3.8, 4) is 0 Å². The minimum absolute atomic E-state index is 0.0552. The summed E-state index contributed by atoms with van der Waals surface area (Å²) in [4.78, 5) is 52.8. The first-order chi connectivity index (χ1) is 15.8. The minimum atomic E-state index is -0.791. The number of hydrogen-bond donors (Lipinski definition) is 4. The fourth-order valence-electron chi connectivity index (χ4n) is 5.41. The van der Waals surface area contributed by atoms with E-state index < -0.39 is 17.2 Å². The summed E-state index contributed by atoms with van der Waals surface area (Å²) in [5.74, 6) is 0.665. The molecule has 2 atom stereocenters. The average molecular weight is 453 g/mol. The van der Waals surface area contributed by atoms with E-state index >= 15 is 0 Å². The van der Waals surface area contributed by atoms with E-state index in [0.717, 1.165) is 32.1 Å². The molecule has 8 nitrogen and oxygen atoms in total. The van der Waals surface area contributed by atoms with Crippen molar-refractivity contribution in [2.75, 3.05) is 5.73 Å². The zero-order chi connectivity index (χ0) is 23.5. The van der Waals surface area contributed by atoms with E-state index in [1.165, 1.54) is 11.1 Å². The van der Waals surface area contributed by atoms with Crippen molar-refractivity contribution in [3.63, 3.8) is 0 Å². The molecule has 0 saturated heterocycles. The number of nitrogens with one attached hydrogen (secondary N) is 3. The zero-order valence-corrected chi connectivity index (χ0v) is 19.0.